The first-order chi connectivity index (χ1) is 3.27. The predicted molar refractivity (Wildman–Crippen MR) is 21.3 cm³/mol. The topological polar surface area (TPSA) is 76.2 Å². The third kappa shape index (κ3) is 5.04. The number of nitro groups is 1. The van der Waals surface area contributed by atoms with E-state index < -0.39 is 4.33 Å². The van der Waals surface area contributed by atoms with Gasteiger partial charge in [-0.3, -0.25) is 4.18 Å². The van der Waals surface area contributed by atoms with Crippen molar-refractivity contribution in [2.24, 2.45) is 0 Å². The maximum Gasteiger partial charge on any atom is 0.479 e. The lowest BCUT2D eigenvalue weighted by molar-refractivity contribution is -0.292. The smallest absolute Gasteiger partial charge is 0.286 e. The van der Waals surface area contributed by atoms with E-state index in [0.29, 0.717) is 0 Å². The molecule has 0 aromatic rings. The molecule has 0 bridgehead atoms. The molecular formula is CN2O3S. The second-order valence-corrected chi connectivity index (χ2v) is 1.09. The van der Waals surface area contributed by atoms with Gasteiger partial charge in [-0.25, -0.2) is 10.1 Å². The summed E-state index contributed by atoms with van der Waals surface area (Å²) in [5.74, 6) is 0. The van der Waals surface area contributed by atoms with Crippen molar-refractivity contribution in [1.29, 1.82) is 5.26 Å². The number of nitrogens with zero attached hydrogens (tertiary/aromatic N) is 2. The number of hydrogen-bond acceptors (Lipinski definition) is 5. The Balaban J connectivity index is 3.02. The summed E-state index contributed by atoms with van der Waals surface area (Å²) in [6, 6.07) is 0. The van der Waals surface area contributed by atoms with E-state index in [-0.39, 0.29) is 12.2 Å². The molecule has 0 rings (SSSR count). The Bertz CT molecular complexity index is 106. The minimum absolute atomic E-state index is 0.108. The van der Waals surface area contributed by atoms with Crippen LogP contribution in [-0.4, -0.2) is 4.33 Å². The number of nitriles is 1. The largest absolute Gasteiger partial charge is 0.479 e. The molecule has 0 spiro atoms. The lowest BCUT2D eigenvalue weighted by atomic mass is 11.6. The van der Waals surface area contributed by atoms with Crippen molar-refractivity contribution in [3.05, 3.63) is 10.1 Å². The standard InChI is InChI=1S/CN2O3S/c2-1-6-7-3(4)5. The van der Waals surface area contributed by atoms with Gasteiger partial charge in [0.15, 0.2) is 0 Å². The van der Waals surface area contributed by atoms with E-state index >= 15 is 0 Å². The van der Waals surface area contributed by atoms with Gasteiger partial charge in [-0.15, -0.1) is 5.26 Å². The number of rotatable bonds is 2. The van der Waals surface area contributed by atoms with Crippen LogP contribution in [0.4, 0.5) is 0 Å². The average molecular weight is 120 g/mol. The second kappa shape index (κ2) is 3.24. The third-order valence-electron chi connectivity index (χ3n) is 0.135. The van der Waals surface area contributed by atoms with Crippen LogP contribution in [0.5, 0.6) is 0 Å². The van der Waals surface area contributed by atoms with E-state index in [1.807, 2.05) is 0 Å². The zero-order valence-electron chi connectivity index (χ0n) is 3.03. The molecule has 0 aliphatic carbocycles. The van der Waals surface area contributed by atoms with Crippen LogP contribution in [0.1, 0.15) is 0 Å². The molecule has 0 atom stereocenters. The monoisotopic (exact) mass is 120 g/mol. The lowest BCUT2D eigenvalue weighted by Gasteiger charge is -1.74. The SMILES string of the molecule is N#COS[N+](=O)[O-]. The van der Waals surface area contributed by atoms with Crippen LogP contribution in [0.15, 0.2) is 0 Å². The van der Waals surface area contributed by atoms with E-state index in [9.17, 15) is 10.1 Å². The first-order valence-corrected chi connectivity index (χ1v) is 1.84. The van der Waals surface area contributed by atoms with Gasteiger partial charge < -0.3 is 0 Å². The maximum absolute atomic E-state index is 9.25. The van der Waals surface area contributed by atoms with E-state index in [0.717, 1.165) is 6.26 Å². The van der Waals surface area contributed by atoms with Gasteiger partial charge >= 0.3 is 18.5 Å². The summed E-state index contributed by atoms with van der Waals surface area (Å²) in [6.07, 6.45) is 1.12. The van der Waals surface area contributed by atoms with Gasteiger partial charge in [-0.1, -0.05) is 0 Å². The summed E-state index contributed by atoms with van der Waals surface area (Å²) in [5, 5.41) is 16.8. The van der Waals surface area contributed by atoms with Crippen LogP contribution >= 0.6 is 12.2 Å². The molecule has 0 aliphatic heterocycles. The summed E-state index contributed by atoms with van der Waals surface area (Å²) in [4.78, 5) is 9.25. The van der Waals surface area contributed by atoms with Crippen molar-refractivity contribution in [3.63, 3.8) is 0 Å². The van der Waals surface area contributed by atoms with Crippen molar-refractivity contribution in [3.8, 4) is 6.26 Å². The Kier molecular flexibility index (Phi) is 2.79. The second-order valence-electron chi connectivity index (χ2n) is 0.473. The molecule has 7 heavy (non-hydrogen) atoms. The fraction of sp³-hybridized carbons (Fsp3) is 0. The molecule has 0 heterocycles. The maximum atomic E-state index is 9.25. The van der Waals surface area contributed by atoms with Gasteiger partial charge in [0.25, 0.3) is 0 Å². The first-order valence-electron chi connectivity index (χ1n) is 1.14. The normalized spacial score (nSPS) is 6.71. The Morgan fingerprint density at radius 1 is 2.00 bits per heavy atom. The van der Waals surface area contributed by atoms with Gasteiger partial charge in [0.1, 0.15) is 4.33 Å². The van der Waals surface area contributed by atoms with E-state index in [1.165, 1.54) is 0 Å². The van der Waals surface area contributed by atoms with Crippen molar-refractivity contribution in [1.82, 2.24) is 0 Å². The molecule has 0 amide bonds. The molecular weight excluding hydrogens is 120 g/mol. The number of hydrogen-bond donors (Lipinski definition) is 0. The van der Waals surface area contributed by atoms with Crippen LogP contribution < -0.4 is 0 Å². The summed E-state index contributed by atoms with van der Waals surface area (Å²) in [5.41, 5.74) is 0. The molecule has 0 aliphatic rings. The summed E-state index contributed by atoms with van der Waals surface area (Å²) in [7, 11) is 0. The molecule has 0 radical (unpaired) electrons. The zero-order chi connectivity index (χ0) is 5.70. The summed E-state index contributed by atoms with van der Waals surface area (Å²) < 4.78 is 2.80. The van der Waals surface area contributed by atoms with Crippen molar-refractivity contribution >= 4 is 12.2 Å². The Morgan fingerprint density at radius 2 is 2.57 bits per heavy atom. The van der Waals surface area contributed by atoms with Gasteiger partial charge in [0, 0.05) is 0 Å². The highest BCUT2D eigenvalue weighted by Crippen LogP contribution is 1.97. The van der Waals surface area contributed by atoms with E-state index in [4.69, 9.17) is 5.26 Å². The minimum Gasteiger partial charge on any atom is -0.286 e. The Morgan fingerprint density at radius 3 is 2.71 bits per heavy atom. The quantitative estimate of drug-likeness (QED) is 0.172. The molecule has 0 aromatic carbocycles. The van der Waals surface area contributed by atoms with Crippen molar-refractivity contribution < 1.29 is 8.51 Å². The molecule has 5 nitrogen and oxygen atoms in total. The predicted octanol–water partition coefficient (Wildman–Crippen LogP) is 0.324. The van der Waals surface area contributed by atoms with E-state index in [1.54, 1.807) is 0 Å². The van der Waals surface area contributed by atoms with Crippen LogP contribution in [-0.2, 0) is 4.18 Å². The van der Waals surface area contributed by atoms with Crippen LogP contribution in [0.3, 0.4) is 0 Å². The first kappa shape index (κ1) is 6.04. The summed E-state index contributed by atoms with van der Waals surface area (Å²) in [6.45, 7) is 0. The highest BCUT2D eigenvalue weighted by Gasteiger charge is 1.98. The Hall–Kier alpha value is -0.960. The average Bonchev–Trinajstić information content (AvgIpc) is 1.61. The molecule has 0 saturated carbocycles. The van der Waals surface area contributed by atoms with Crippen molar-refractivity contribution in [2.45, 2.75) is 0 Å². The third-order valence-corrected chi connectivity index (χ3v) is 0.406. The molecule has 0 unspecified atom stereocenters. The van der Waals surface area contributed by atoms with Crippen LogP contribution in [0.25, 0.3) is 0 Å². The molecule has 0 fully saturated rings. The molecule has 6 heteroatoms. The van der Waals surface area contributed by atoms with Gasteiger partial charge in [0.05, 0.1) is 0 Å². The highest BCUT2D eigenvalue weighted by atomic mass is 32.2. The van der Waals surface area contributed by atoms with Gasteiger partial charge in [0.2, 0.25) is 0 Å². The fourth-order valence-electron chi connectivity index (χ4n) is 0.0471. The van der Waals surface area contributed by atoms with Gasteiger partial charge in [-0.2, -0.15) is 0 Å². The van der Waals surface area contributed by atoms with E-state index in [2.05, 4.69) is 4.18 Å². The zero-order valence-corrected chi connectivity index (χ0v) is 3.84. The highest BCUT2D eigenvalue weighted by molar-refractivity contribution is 7.88. The minimum atomic E-state index is -0.816. The fourth-order valence-corrected chi connectivity index (χ4v) is 0.141. The molecule has 0 aromatic heterocycles. The van der Waals surface area contributed by atoms with Crippen LogP contribution in [0, 0.1) is 21.6 Å². The van der Waals surface area contributed by atoms with Crippen LogP contribution in [0.2, 0.25) is 0 Å². The molecule has 38 valence electrons. The van der Waals surface area contributed by atoms with Gasteiger partial charge in [-0.05, 0) is 0 Å². The lowest BCUT2D eigenvalue weighted by Crippen LogP contribution is -1.80. The Labute approximate surface area is 43.4 Å². The van der Waals surface area contributed by atoms with Crippen molar-refractivity contribution in [2.75, 3.05) is 0 Å². The molecule has 0 saturated heterocycles. The molecule has 0 N–H and O–H groups in total. The summed E-state index contributed by atoms with van der Waals surface area (Å²) >= 11 is -0.108.